The molecule has 0 aliphatic heterocycles. The van der Waals surface area contributed by atoms with Gasteiger partial charge in [-0.25, -0.2) is 9.67 Å². The standard InChI is InChI=1S/C25H28N4O2/c1-7-28(23-11-9-8-10-16(23)4)25(30)20-13-22(19-12-17(5)31-18(19)6)27-24-21(20)14-26-29(24)15(2)3/h8-15H,7H2,1-6H3. The van der Waals surface area contributed by atoms with E-state index in [0.29, 0.717) is 23.4 Å². The van der Waals surface area contributed by atoms with Crippen LogP contribution >= 0.6 is 0 Å². The molecule has 0 spiro atoms. The van der Waals surface area contributed by atoms with Crippen LogP contribution in [0.3, 0.4) is 0 Å². The Hall–Kier alpha value is -3.41. The van der Waals surface area contributed by atoms with Gasteiger partial charge in [0.2, 0.25) is 0 Å². The lowest BCUT2D eigenvalue weighted by Gasteiger charge is -2.23. The van der Waals surface area contributed by atoms with Crippen molar-refractivity contribution < 1.29 is 9.21 Å². The molecular formula is C25H28N4O2. The summed E-state index contributed by atoms with van der Waals surface area (Å²) in [6, 6.07) is 11.9. The van der Waals surface area contributed by atoms with E-state index in [4.69, 9.17) is 9.40 Å². The minimum absolute atomic E-state index is 0.0633. The molecular weight excluding hydrogens is 388 g/mol. The minimum atomic E-state index is -0.0633. The average Bonchev–Trinajstić information content (AvgIpc) is 3.31. The summed E-state index contributed by atoms with van der Waals surface area (Å²) in [6.07, 6.45) is 1.75. The second-order valence-corrected chi connectivity index (χ2v) is 8.14. The Morgan fingerprint density at radius 3 is 2.52 bits per heavy atom. The molecule has 0 saturated carbocycles. The van der Waals surface area contributed by atoms with E-state index >= 15 is 0 Å². The Balaban J connectivity index is 1.95. The van der Waals surface area contributed by atoms with Crippen molar-refractivity contribution in [1.82, 2.24) is 14.8 Å². The lowest BCUT2D eigenvalue weighted by molar-refractivity contribution is 0.0989. The van der Waals surface area contributed by atoms with Crippen LogP contribution in [-0.4, -0.2) is 27.2 Å². The Labute approximate surface area is 182 Å². The molecule has 160 valence electrons. The number of nitrogens with zero attached hydrogens (tertiary/aromatic N) is 4. The van der Waals surface area contributed by atoms with Crippen LogP contribution in [0.25, 0.3) is 22.3 Å². The van der Waals surface area contributed by atoms with Crippen LogP contribution in [0.1, 0.15) is 54.3 Å². The van der Waals surface area contributed by atoms with Gasteiger partial charge in [-0.3, -0.25) is 4.79 Å². The molecule has 0 aliphatic rings. The zero-order valence-corrected chi connectivity index (χ0v) is 18.9. The third-order valence-electron chi connectivity index (χ3n) is 5.57. The number of carbonyl (C=O) groups excluding carboxylic acids is 1. The zero-order valence-electron chi connectivity index (χ0n) is 18.9. The number of aromatic nitrogens is 3. The number of hydrogen-bond acceptors (Lipinski definition) is 4. The molecule has 6 nitrogen and oxygen atoms in total. The van der Waals surface area contributed by atoms with Gasteiger partial charge in [0, 0.05) is 23.8 Å². The number of pyridine rings is 1. The van der Waals surface area contributed by atoms with Crippen molar-refractivity contribution in [3.05, 3.63) is 65.2 Å². The summed E-state index contributed by atoms with van der Waals surface area (Å²) in [6.45, 7) is 12.5. The molecule has 1 amide bonds. The number of aryl methyl sites for hydroxylation is 3. The summed E-state index contributed by atoms with van der Waals surface area (Å²) in [7, 11) is 0. The van der Waals surface area contributed by atoms with Crippen molar-refractivity contribution in [1.29, 1.82) is 0 Å². The number of rotatable bonds is 5. The first-order valence-corrected chi connectivity index (χ1v) is 10.6. The van der Waals surface area contributed by atoms with E-state index in [1.165, 1.54) is 0 Å². The van der Waals surface area contributed by atoms with Crippen LogP contribution in [0, 0.1) is 20.8 Å². The number of para-hydroxylation sites is 1. The number of furan rings is 1. The van der Waals surface area contributed by atoms with Gasteiger partial charge in [-0.2, -0.15) is 5.10 Å². The van der Waals surface area contributed by atoms with E-state index in [1.54, 1.807) is 6.20 Å². The first-order chi connectivity index (χ1) is 14.8. The molecule has 3 aromatic heterocycles. The summed E-state index contributed by atoms with van der Waals surface area (Å²) in [5.41, 5.74) is 4.87. The molecule has 0 atom stereocenters. The van der Waals surface area contributed by atoms with Gasteiger partial charge < -0.3 is 9.32 Å². The monoisotopic (exact) mass is 416 g/mol. The summed E-state index contributed by atoms with van der Waals surface area (Å²) < 4.78 is 7.60. The van der Waals surface area contributed by atoms with Gasteiger partial charge in [-0.1, -0.05) is 18.2 Å². The Morgan fingerprint density at radius 1 is 1.16 bits per heavy atom. The molecule has 3 heterocycles. The van der Waals surface area contributed by atoms with Crippen LogP contribution < -0.4 is 4.90 Å². The first-order valence-electron chi connectivity index (χ1n) is 10.6. The van der Waals surface area contributed by atoms with Crippen molar-refractivity contribution >= 4 is 22.6 Å². The molecule has 4 rings (SSSR count). The summed E-state index contributed by atoms with van der Waals surface area (Å²) in [4.78, 5) is 20.5. The Bertz CT molecular complexity index is 1270. The lowest BCUT2D eigenvalue weighted by atomic mass is 10.1. The van der Waals surface area contributed by atoms with E-state index in [0.717, 1.165) is 33.7 Å². The molecule has 0 bridgehead atoms. The Morgan fingerprint density at radius 2 is 1.90 bits per heavy atom. The molecule has 31 heavy (non-hydrogen) atoms. The highest BCUT2D eigenvalue weighted by Gasteiger charge is 2.24. The quantitative estimate of drug-likeness (QED) is 0.408. The highest BCUT2D eigenvalue weighted by atomic mass is 16.3. The normalized spacial score (nSPS) is 11.5. The summed E-state index contributed by atoms with van der Waals surface area (Å²) >= 11 is 0. The number of amides is 1. The molecule has 1 aromatic carbocycles. The fraction of sp³-hybridized carbons (Fsp3) is 0.320. The maximum atomic E-state index is 13.8. The van der Waals surface area contributed by atoms with Gasteiger partial charge in [0.1, 0.15) is 11.5 Å². The SMILES string of the molecule is CCN(C(=O)c1cc(-c2cc(C)oc2C)nc2c1cnn2C(C)C)c1ccccc1C. The van der Waals surface area contributed by atoms with Gasteiger partial charge in [0.15, 0.2) is 5.65 Å². The summed E-state index contributed by atoms with van der Waals surface area (Å²) in [5.74, 6) is 1.53. The third-order valence-corrected chi connectivity index (χ3v) is 5.57. The van der Waals surface area contributed by atoms with Crippen LogP contribution in [0.15, 0.2) is 47.0 Å². The zero-order chi connectivity index (χ0) is 22.3. The van der Waals surface area contributed by atoms with Crippen LogP contribution in [0.2, 0.25) is 0 Å². The van der Waals surface area contributed by atoms with Crippen LogP contribution in [0.5, 0.6) is 0 Å². The molecule has 4 aromatic rings. The molecule has 0 aliphatic carbocycles. The fourth-order valence-corrected chi connectivity index (χ4v) is 4.03. The van der Waals surface area contributed by atoms with Crippen molar-refractivity contribution in [2.24, 2.45) is 0 Å². The van der Waals surface area contributed by atoms with E-state index in [2.05, 4.69) is 18.9 Å². The maximum absolute atomic E-state index is 13.8. The largest absolute Gasteiger partial charge is 0.466 e. The lowest BCUT2D eigenvalue weighted by Crippen LogP contribution is -2.31. The van der Waals surface area contributed by atoms with Gasteiger partial charge >= 0.3 is 0 Å². The Kier molecular flexibility index (Phi) is 5.39. The van der Waals surface area contributed by atoms with Gasteiger partial charge in [-0.15, -0.1) is 0 Å². The second kappa shape index (κ2) is 8.02. The molecule has 0 unspecified atom stereocenters. The van der Waals surface area contributed by atoms with Gasteiger partial charge in [0.05, 0.1) is 22.8 Å². The molecule has 0 saturated heterocycles. The van der Waals surface area contributed by atoms with Crippen LogP contribution in [0.4, 0.5) is 5.69 Å². The van der Waals surface area contributed by atoms with E-state index in [-0.39, 0.29) is 11.9 Å². The van der Waals surface area contributed by atoms with E-state index in [9.17, 15) is 4.79 Å². The van der Waals surface area contributed by atoms with Crippen molar-refractivity contribution in [3.8, 4) is 11.3 Å². The number of benzene rings is 1. The summed E-state index contributed by atoms with van der Waals surface area (Å²) in [5, 5.41) is 5.29. The molecule has 0 radical (unpaired) electrons. The second-order valence-electron chi connectivity index (χ2n) is 8.14. The molecule has 0 fully saturated rings. The fourth-order valence-electron chi connectivity index (χ4n) is 4.03. The predicted octanol–water partition coefficient (Wildman–Crippen LogP) is 5.86. The van der Waals surface area contributed by atoms with Crippen molar-refractivity contribution in [2.45, 2.75) is 47.6 Å². The number of hydrogen-bond donors (Lipinski definition) is 0. The number of anilines is 1. The minimum Gasteiger partial charge on any atom is -0.466 e. The predicted molar refractivity (Wildman–Crippen MR) is 124 cm³/mol. The molecule has 0 N–H and O–H groups in total. The maximum Gasteiger partial charge on any atom is 0.259 e. The average molecular weight is 417 g/mol. The van der Waals surface area contributed by atoms with Crippen molar-refractivity contribution in [3.63, 3.8) is 0 Å². The van der Waals surface area contributed by atoms with Crippen molar-refractivity contribution in [2.75, 3.05) is 11.4 Å². The van der Waals surface area contributed by atoms with Crippen LogP contribution in [-0.2, 0) is 0 Å². The smallest absolute Gasteiger partial charge is 0.259 e. The number of carbonyl (C=O) groups is 1. The topological polar surface area (TPSA) is 64.2 Å². The van der Waals surface area contributed by atoms with Gasteiger partial charge in [0.25, 0.3) is 5.91 Å². The van der Waals surface area contributed by atoms with Gasteiger partial charge in [-0.05, 0) is 65.3 Å². The first kappa shape index (κ1) is 20.8. The number of fused-ring (bicyclic) bond motifs is 1. The third kappa shape index (κ3) is 3.63. The molecule has 6 heteroatoms. The van der Waals surface area contributed by atoms with E-state index < -0.39 is 0 Å². The highest BCUT2D eigenvalue weighted by Crippen LogP contribution is 2.31. The van der Waals surface area contributed by atoms with E-state index in [1.807, 2.05) is 73.7 Å². The highest BCUT2D eigenvalue weighted by molar-refractivity contribution is 6.14.